The van der Waals surface area contributed by atoms with Crippen molar-refractivity contribution in [3.63, 3.8) is 0 Å². The van der Waals surface area contributed by atoms with Crippen LogP contribution < -0.4 is 21.5 Å². The molecule has 0 bridgehead atoms. The first kappa shape index (κ1) is 14.0. The van der Waals surface area contributed by atoms with Crippen LogP contribution in [0.25, 0.3) is 0 Å². The van der Waals surface area contributed by atoms with Crippen molar-refractivity contribution in [2.45, 2.75) is 0 Å². The molecule has 1 aromatic carbocycles. The largest absolute Gasteiger partial charge is 0.495 e. The lowest BCUT2D eigenvalue weighted by atomic mass is 10.2. The predicted molar refractivity (Wildman–Crippen MR) is 65.9 cm³/mol. The molecule has 7 heteroatoms. The fraction of sp³-hybridized carbons (Fsp3) is 0.364. The number of nitrogens with one attached hydrogen (secondary N) is 1. The molecule has 0 aliphatic rings. The van der Waals surface area contributed by atoms with Gasteiger partial charge in [0.15, 0.2) is 0 Å². The van der Waals surface area contributed by atoms with Gasteiger partial charge >= 0.3 is 0 Å². The molecule has 18 heavy (non-hydrogen) atoms. The molecule has 0 aliphatic carbocycles. The van der Waals surface area contributed by atoms with E-state index in [0.717, 1.165) is 0 Å². The van der Waals surface area contributed by atoms with Crippen molar-refractivity contribution in [2.75, 3.05) is 37.9 Å². The Kier molecular flexibility index (Phi) is 5.19. The molecule has 0 radical (unpaired) electrons. The predicted octanol–water partition coefficient (Wildman–Crippen LogP) is 0.330. The number of carbonyl (C=O) groups is 1. The Morgan fingerprint density at radius 2 is 2.22 bits per heavy atom. The summed E-state index contributed by atoms with van der Waals surface area (Å²) in [5, 5.41) is 2.80. The molecule has 5 N–H and O–H groups in total. The molecule has 0 spiro atoms. The van der Waals surface area contributed by atoms with Crippen molar-refractivity contribution >= 4 is 17.3 Å². The summed E-state index contributed by atoms with van der Waals surface area (Å²) in [6.07, 6.45) is 0. The summed E-state index contributed by atoms with van der Waals surface area (Å²) in [4.78, 5) is 10.4. The zero-order chi connectivity index (χ0) is 13.5. The van der Waals surface area contributed by atoms with Crippen LogP contribution in [0, 0.1) is 5.82 Å². The van der Waals surface area contributed by atoms with Gasteiger partial charge in [0.05, 0.1) is 25.1 Å². The van der Waals surface area contributed by atoms with Crippen LogP contribution in [0.1, 0.15) is 0 Å². The fourth-order valence-electron chi connectivity index (χ4n) is 1.31. The van der Waals surface area contributed by atoms with Gasteiger partial charge in [0.1, 0.15) is 18.2 Å². The lowest BCUT2D eigenvalue weighted by Gasteiger charge is -2.11. The quantitative estimate of drug-likeness (QED) is 0.483. The van der Waals surface area contributed by atoms with Gasteiger partial charge < -0.3 is 26.3 Å². The molecule has 1 amide bonds. The summed E-state index contributed by atoms with van der Waals surface area (Å²) in [5.41, 5.74) is 10.9. The number of primary amides is 1. The van der Waals surface area contributed by atoms with Gasteiger partial charge in [-0.15, -0.1) is 0 Å². The molecular formula is C11H16FN3O3. The Balaban J connectivity index is 2.49. The second-order valence-electron chi connectivity index (χ2n) is 3.52. The summed E-state index contributed by atoms with van der Waals surface area (Å²) < 4.78 is 23.4. The Morgan fingerprint density at radius 3 is 2.83 bits per heavy atom. The van der Waals surface area contributed by atoms with Crippen molar-refractivity contribution in [3.8, 4) is 5.75 Å². The number of anilines is 2. The van der Waals surface area contributed by atoms with Gasteiger partial charge in [-0.25, -0.2) is 4.39 Å². The van der Waals surface area contributed by atoms with E-state index in [0.29, 0.717) is 12.3 Å². The normalized spacial score (nSPS) is 10.1. The number of nitrogen functional groups attached to an aromatic ring is 1. The van der Waals surface area contributed by atoms with Gasteiger partial charge in [-0.2, -0.15) is 0 Å². The number of hydrogen-bond donors (Lipinski definition) is 3. The first-order valence-corrected chi connectivity index (χ1v) is 5.27. The van der Waals surface area contributed by atoms with Crippen LogP contribution in [0.3, 0.4) is 0 Å². The van der Waals surface area contributed by atoms with Gasteiger partial charge in [-0.3, -0.25) is 4.79 Å². The highest BCUT2D eigenvalue weighted by Crippen LogP contribution is 2.27. The molecule has 0 unspecified atom stereocenters. The smallest absolute Gasteiger partial charge is 0.243 e. The number of halogens is 1. The van der Waals surface area contributed by atoms with Crippen molar-refractivity contribution in [1.29, 1.82) is 0 Å². The minimum atomic E-state index is -0.546. The minimum Gasteiger partial charge on any atom is -0.495 e. The Morgan fingerprint density at radius 1 is 1.50 bits per heavy atom. The van der Waals surface area contributed by atoms with Crippen LogP contribution in [0.4, 0.5) is 15.8 Å². The summed E-state index contributed by atoms with van der Waals surface area (Å²) in [6.45, 7) is 0.404. The number of carbonyl (C=O) groups excluding carboxylic acids is 1. The van der Waals surface area contributed by atoms with Crippen molar-refractivity contribution < 1.29 is 18.7 Å². The molecule has 0 heterocycles. The van der Waals surface area contributed by atoms with E-state index in [1.54, 1.807) is 0 Å². The van der Waals surface area contributed by atoms with Gasteiger partial charge in [0.2, 0.25) is 5.91 Å². The summed E-state index contributed by atoms with van der Waals surface area (Å²) >= 11 is 0. The highest BCUT2D eigenvalue weighted by atomic mass is 19.1. The highest BCUT2D eigenvalue weighted by Gasteiger charge is 2.07. The van der Waals surface area contributed by atoms with E-state index in [2.05, 4.69) is 5.32 Å². The SMILES string of the molecule is COc1cc(NCCOCC(N)=O)c(F)cc1N. The van der Waals surface area contributed by atoms with Gasteiger partial charge in [-0.05, 0) is 0 Å². The molecule has 0 fully saturated rings. The number of benzene rings is 1. The average molecular weight is 257 g/mol. The molecule has 0 aromatic heterocycles. The lowest BCUT2D eigenvalue weighted by Crippen LogP contribution is -2.20. The van der Waals surface area contributed by atoms with Crippen molar-refractivity contribution in [1.82, 2.24) is 0 Å². The van der Waals surface area contributed by atoms with Gasteiger partial charge in [0, 0.05) is 18.7 Å². The topological polar surface area (TPSA) is 99.6 Å². The molecular weight excluding hydrogens is 241 g/mol. The van der Waals surface area contributed by atoms with Crippen LogP contribution in [-0.4, -0.2) is 32.8 Å². The Bertz CT molecular complexity index is 426. The second-order valence-corrected chi connectivity index (χ2v) is 3.52. The van der Waals surface area contributed by atoms with Crippen molar-refractivity contribution in [3.05, 3.63) is 17.9 Å². The minimum absolute atomic E-state index is 0.158. The molecule has 0 atom stereocenters. The maximum absolute atomic E-state index is 13.5. The van der Waals surface area contributed by atoms with Crippen LogP contribution in [-0.2, 0) is 9.53 Å². The van der Waals surface area contributed by atoms with Gasteiger partial charge in [0.25, 0.3) is 0 Å². The second kappa shape index (κ2) is 6.65. The number of methoxy groups -OCH3 is 1. The van der Waals surface area contributed by atoms with E-state index in [4.69, 9.17) is 20.9 Å². The molecule has 100 valence electrons. The molecule has 0 saturated heterocycles. The summed E-state index contributed by atoms with van der Waals surface area (Å²) in [6, 6.07) is 2.63. The summed E-state index contributed by atoms with van der Waals surface area (Å²) in [7, 11) is 1.45. The molecule has 0 saturated carbocycles. The van der Waals surface area contributed by atoms with Gasteiger partial charge in [-0.1, -0.05) is 0 Å². The third-order valence-electron chi connectivity index (χ3n) is 2.13. The summed E-state index contributed by atoms with van der Waals surface area (Å²) in [5.74, 6) is -0.643. The zero-order valence-corrected chi connectivity index (χ0v) is 10.0. The average Bonchev–Trinajstić information content (AvgIpc) is 2.30. The highest BCUT2D eigenvalue weighted by molar-refractivity contribution is 5.74. The molecule has 1 rings (SSSR count). The van der Waals surface area contributed by atoms with E-state index in [1.165, 1.54) is 19.2 Å². The maximum atomic E-state index is 13.5. The standard InChI is InChI=1S/C11H16FN3O3/c1-17-10-5-9(7(12)4-8(10)13)15-2-3-18-6-11(14)16/h4-5,15H,2-3,6,13H2,1H3,(H2,14,16). The number of amides is 1. The van der Waals surface area contributed by atoms with E-state index in [-0.39, 0.29) is 24.6 Å². The fourth-order valence-corrected chi connectivity index (χ4v) is 1.31. The van der Waals surface area contributed by atoms with Crippen LogP contribution in [0.2, 0.25) is 0 Å². The van der Waals surface area contributed by atoms with Crippen LogP contribution in [0.5, 0.6) is 5.75 Å². The third kappa shape index (κ3) is 4.10. The van der Waals surface area contributed by atoms with Crippen LogP contribution in [0.15, 0.2) is 12.1 Å². The Hall–Kier alpha value is -2.02. The monoisotopic (exact) mass is 257 g/mol. The maximum Gasteiger partial charge on any atom is 0.243 e. The first-order chi connectivity index (χ1) is 8.54. The number of hydrogen-bond acceptors (Lipinski definition) is 5. The lowest BCUT2D eigenvalue weighted by molar-refractivity contribution is -0.122. The zero-order valence-electron chi connectivity index (χ0n) is 10.0. The van der Waals surface area contributed by atoms with E-state index in [9.17, 15) is 9.18 Å². The van der Waals surface area contributed by atoms with E-state index in [1.807, 2.05) is 0 Å². The first-order valence-electron chi connectivity index (χ1n) is 5.27. The number of rotatable bonds is 7. The van der Waals surface area contributed by atoms with E-state index >= 15 is 0 Å². The molecule has 0 aliphatic heterocycles. The molecule has 1 aromatic rings. The van der Waals surface area contributed by atoms with E-state index < -0.39 is 11.7 Å². The number of ether oxygens (including phenoxy) is 2. The van der Waals surface area contributed by atoms with Crippen molar-refractivity contribution in [2.24, 2.45) is 5.73 Å². The number of nitrogens with two attached hydrogens (primary N) is 2. The molecule has 6 nitrogen and oxygen atoms in total. The Labute approximate surface area is 104 Å². The van der Waals surface area contributed by atoms with Crippen LogP contribution >= 0.6 is 0 Å². The third-order valence-corrected chi connectivity index (χ3v) is 2.13.